The third-order valence-corrected chi connectivity index (χ3v) is 2.17. The molecule has 2 rings (SSSR count). The lowest BCUT2D eigenvalue weighted by Gasteiger charge is -2.07. The van der Waals surface area contributed by atoms with Gasteiger partial charge in [0.05, 0.1) is 17.4 Å². The molecule has 0 unspecified atom stereocenters. The Balaban J connectivity index is 2.74. The molecule has 0 aliphatic heterocycles. The predicted octanol–water partition coefficient (Wildman–Crippen LogP) is 2.90. The van der Waals surface area contributed by atoms with Crippen LogP contribution >= 0.6 is 0 Å². The Morgan fingerprint density at radius 3 is 2.50 bits per heavy atom. The van der Waals surface area contributed by atoms with Crippen molar-refractivity contribution in [2.24, 2.45) is 0 Å². The van der Waals surface area contributed by atoms with Crippen molar-refractivity contribution in [1.29, 1.82) is 0 Å². The van der Waals surface area contributed by atoms with E-state index in [1.807, 2.05) is 13.8 Å². The zero-order valence-corrected chi connectivity index (χ0v) is 7.96. The second-order valence-corrected chi connectivity index (χ2v) is 3.50. The van der Waals surface area contributed by atoms with Crippen molar-refractivity contribution in [3.05, 3.63) is 30.1 Å². The molecule has 0 saturated heterocycles. The van der Waals surface area contributed by atoms with Crippen LogP contribution in [0.3, 0.4) is 0 Å². The topological polar surface area (TPSA) is 17.8 Å². The van der Waals surface area contributed by atoms with Gasteiger partial charge in [-0.1, -0.05) is 0 Å². The maximum Gasteiger partial charge on any atom is 0.161 e. The van der Waals surface area contributed by atoms with E-state index >= 15 is 0 Å². The van der Waals surface area contributed by atoms with Crippen molar-refractivity contribution in [3.63, 3.8) is 0 Å². The molecular formula is C10H10F2N2. The number of nitrogens with zero attached hydrogens (tertiary/aromatic N) is 2. The first-order valence-corrected chi connectivity index (χ1v) is 4.41. The Morgan fingerprint density at radius 2 is 1.86 bits per heavy atom. The fourth-order valence-corrected chi connectivity index (χ4v) is 1.43. The molecule has 4 heteroatoms. The summed E-state index contributed by atoms with van der Waals surface area (Å²) in [5.41, 5.74) is 1.11. The van der Waals surface area contributed by atoms with Gasteiger partial charge in [0.1, 0.15) is 0 Å². The van der Waals surface area contributed by atoms with E-state index in [0.29, 0.717) is 11.0 Å². The molecule has 1 aromatic heterocycles. The summed E-state index contributed by atoms with van der Waals surface area (Å²) in [5, 5.41) is 0. The van der Waals surface area contributed by atoms with Crippen molar-refractivity contribution < 1.29 is 8.78 Å². The fraction of sp³-hybridized carbons (Fsp3) is 0.300. The lowest BCUT2D eigenvalue weighted by Crippen LogP contribution is -1.98. The van der Waals surface area contributed by atoms with E-state index in [2.05, 4.69) is 4.98 Å². The molecule has 1 heterocycles. The second kappa shape index (κ2) is 3.04. The number of imidazole rings is 1. The van der Waals surface area contributed by atoms with E-state index in [-0.39, 0.29) is 6.04 Å². The van der Waals surface area contributed by atoms with Gasteiger partial charge >= 0.3 is 0 Å². The molecular weight excluding hydrogens is 186 g/mol. The number of aromatic nitrogens is 2. The van der Waals surface area contributed by atoms with Gasteiger partial charge in [-0.05, 0) is 13.8 Å². The monoisotopic (exact) mass is 196 g/mol. The first kappa shape index (κ1) is 9.12. The van der Waals surface area contributed by atoms with Crippen LogP contribution in [0.4, 0.5) is 8.78 Å². The van der Waals surface area contributed by atoms with Gasteiger partial charge in [0.2, 0.25) is 0 Å². The first-order chi connectivity index (χ1) is 6.59. The van der Waals surface area contributed by atoms with Gasteiger partial charge in [0.15, 0.2) is 11.6 Å². The number of benzene rings is 1. The molecule has 0 aliphatic rings. The number of fused-ring (bicyclic) bond motifs is 1. The van der Waals surface area contributed by atoms with E-state index < -0.39 is 11.6 Å². The molecule has 0 spiro atoms. The van der Waals surface area contributed by atoms with Gasteiger partial charge in [-0.25, -0.2) is 13.8 Å². The number of hydrogen-bond donors (Lipinski definition) is 0. The van der Waals surface area contributed by atoms with Crippen molar-refractivity contribution in [2.75, 3.05) is 0 Å². The average molecular weight is 196 g/mol. The quantitative estimate of drug-likeness (QED) is 0.685. The lowest BCUT2D eigenvalue weighted by molar-refractivity contribution is 0.509. The van der Waals surface area contributed by atoms with E-state index in [4.69, 9.17) is 0 Å². The standard InChI is InChI=1S/C10H10F2N2/c1-6(2)14-5-13-9-3-7(11)8(12)4-10(9)14/h3-6H,1-2H3. The Kier molecular flexibility index (Phi) is 1.98. The highest BCUT2D eigenvalue weighted by molar-refractivity contribution is 5.75. The van der Waals surface area contributed by atoms with E-state index in [1.165, 1.54) is 6.07 Å². The van der Waals surface area contributed by atoms with Gasteiger partial charge in [-0.2, -0.15) is 0 Å². The Morgan fingerprint density at radius 1 is 1.21 bits per heavy atom. The highest BCUT2D eigenvalue weighted by atomic mass is 19.2. The lowest BCUT2D eigenvalue weighted by atomic mass is 10.2. The van der Waals surface area contributed by atoms with E-state index in [1.54, 1.807) is 10.9 Å². The summed E-state index contributed by atoms with van der Waals surface area (Å²) in [5.74, 6) is -1.69. The second-order valence-electron chi connectivity index (χ2n) is 3.50. The molecule has 2 aromatic rings. The molecule has 0 atom stereocenters. The van der Waals surface area contributed by atoms with Crippen LogP contribution in [0.15, 0.2) is 18.5 Å². The third-order valence-electron chi connectivity index (χ3n) is 2.17. The molecule has 0 saturated carbocycles. The van der Waals surface area contributed by atoms with Gasteiger partial charge in [0, 0.05) is 18.2 Å². The van der Waals surface area contributed by atoms with Crippen LogP contribution in [0, 0.1) is 11.6 Å². The van der Waals surface area contributed by atoms with Crippen molar-refractivity contribution in [1.82, 2.24) is 9.55 Å². The maximum absolute atomic E-state index is 13.0. The Bertz CT molecular complexity index is 474. The summed E-state index contributed by atoms with van der Waals surface area (Å²) in [6.45, 7) is 3.92. The molecule has 0 N–H and O–H groups in total. The summed E-state index contributed by atoms with van der Waals surface area (Å²) in [6.07, 6.45) is 1.59. The van der Waals surface area contributed by atoms with Crippen LogP contribution in [0.2, 0.25) is 0 Å². The van der Waals surface area contributed by atoms with Crippen LogP contribution in [-0.2, 0) is 0 Å². The zero-order chi connectivity index (χ0) is 10.3. The number of rotatable bonds is 1. The molecule has 74 valence electrons. The largest absolute Gasteiger partial charge is 0.328 e. The molecule has 0 bridgehead atoms. The average Bonchev–Trinajstić information content (AvgIpc) is 2.48. The van der Waals surface area contributed by atoms with Crippen LogP contribution in [0.25, 0.3) is 11.0 Å². The first-order valence-electron chi connectivity index (χ1n) is 4.41. The summed E-state index contributed by atoms with van der Waals surface area (Å²) in [6, 6.07) is 2.48. The minimum Gasteiger partial charge on any atom is -0.328 e. The third kappa shape index (κ3) is 1.27. The normalized spacial score (nSPS) is 11.5. The summed E-state index contributed by atoms with van der Waals surface area (Å²) in [7, 11) is 0. The molecule has 1 aromatic carbocycles. The van der Waals surface area contributed by atoms with Crippen LogP contribution in [-0.4, -0.2) is 9.55 Å². The smallest absolute Gasteiger partial charge is 0.161 e. The van der Waals surface area contributed by atoms with Crippen LogP contribution in [0.1, 0.15) is 19.9 Å². The fourth-order valence-electron chi connectivity index (χ4n) is 1.43. The van der Waals surface area contributed by atoms with Gasteiger partial charge in [-0.15, -0.1) is 0 Å². The van der Waals surface area contributed by atoms with Crippen molar-refractivity contribution in [2.45, 2.75) is 19.9 Å². The van der Waals surface area contributed by atoms with E-state index in [9.17, 15) is 8.78 Å². The van der Waals surface area contributed by atoms with Crippen molar-refractivity contribution in [3.8, 4) is 0 Å². The molecule has 2 nitrogen and oxygen atoms in total. The SMILES string of the molecule is CC(C)n1cnc2cc(F)c(F)cc21. The molecule has 0 aliphatic carbocycles. The summed E-state index contributed by atoms with van der Waals surface area (Å²) < 4.78 is 27.6. The number of hydrogen-bond acceptors (Lipinski definition) is 1. The van der Waals surface area contributed by atoms with Crippen LogP contribution in [0.5, 0.6) is 0 Å². The molecule has 0 radical (unpaired) electrons. The van der Waals surface area contributed by atoms with Gasteiger partial charge < -0.3 is 4.57 Å². The Hall–Kier alpha value is -1.45. The predicted molar refractivity (Wildman–Crippen MR) is 50.0 cm³/mol. The maximum atomic E-state index is 13.0. The van der Waals surface area contributed by atoms with Gasteiger partial charge in [0.25, 0.3) is 0 Å². The van der Waals surface area contributed by atoms with E-state index in [0.717, 1.165) is 6.07 Å². The number of halogens is 2. The molecule has 14 heavy (non-hydrogen) atoms. The summed E-state index contributed by atoms with van der Waals surface area (Å²) >= 11 is 0. The highest BCUT2D eigenvalue weighted by Gasteiger charge is 2.10. The Labute approximate surface area is 80.2 Å². The summed E-state index contributed by atoms with van der Waals surface area (Å²) in [4.78, 5) is 4.00. The molecule has 0 amide bonds. The zero-order valence-electron chi connectivity index (χ0n) is 7.96. The van der Waals surface area contributed by atoms with Crippen molar-refractivity contribution >= 4 is 11.0 Å². The van der Waals surface area contributed by atoms with Gasteiger partial charge in [-0.3, -0.25) is 0 Å². The minimum absolute atomic E-state index is 0.185. The highest BCUT2D eigenvalue weighted by Crippen LogP contribution is 2.20. The molecule has 0 fully saturated rings. The van der Waals surface area contributed by atoms with Crippen LogP contribution < -0.4 is 0 Å². The minimum atomic E-state index is -0.855.